The van der Waals surface area contributed by atoms with E-state index in [1.807, 2.05) is 20.8 Å². The van der Waals surface area contributed by atoms with Gasteiger partial charge in [0.1, 0.15) is 6.61 Å². The summed E-state index contributed by atoms with van der Waals surface area (Å²) >= 11 is 0. The lowest BCUT2D eigenvalue weighted by molar-refractivity contribution is -0.305. The number of hydrogen-bond acceptors (Lipinski definition) is 5. The zero-order valence-electron chi connectivity index (χ0n) is 18.4. The van der Waals surface area contributed by atoms with Gasteiger partial charge in [-0.15, -0.1) is 0 Å². The molecule has 0 bridgehead atoms. The summed E-state index contributed by atoms with van der Waals surface area (Å²) in [5.41, 5.74) is 0.264. The maximum Gasteiger partial charge on any atom is 0.275 e. The quantitative estimate of drug-likeness (QED) is 0.616. The van der Waals surface area contributed by atoms with Gasteiger partial charge in [-0.1, -0.05) is 0 Å². The van der Waals surface area contributed by atoms with Gasteiger partial charge in [-0.05, 0) is 54.4 Å². The number of ether oxygens (including phenoxy) is 2. The number of hydrogen-bond donors (Lipinski definition) is 0. The second kappa shape index (κ2) is 7.73. The van der Waals surface area contributed by atoms with E-state index in [-0.39, 0.29) is 41.8 Å². The lowest BCUT2D eigenvalue weighted by atomic mass is 9.72. The average Bonchev–Trinajstić information content (AvgIpc) is 2.38. The molecule has 3 aliphatic rings. The molecule has 0 amide bonds. The van der Waals surface area contributed by atoms with E-state index < -0.39 is 12.5 Å². The van der Waals surface area contributed by atoms with Crippen LogP contribution in [0.1, 0.15) is 60.8 Å². The Morgan fingerprint density at radius 3 is 2.07 bits per heavy atom. The topological polar surface area (TPSA) is 34.2 Å². The van der Waals surface area contributed by atoms with Crippen LogP contribution in [0.2, 0.25) is 0 Å². The molecule has 1 spiro atoms. The molecule has 0 aromatic carbocycles. The van der Waals surface area contributed by atoms with Crippen molar-refractivity contribution in [3.8, 4) is 0 Å². The van der Waals surface area contributed by atoms with Crippen LogP contribution >= 0.6 is 0 Å². The van der Waals surface area contributed by atoms with Crippen molar-refractivity contribution in [2.24, 2.45) is 5.41 Å². The van der Waals surface area contributed by atoms with Crippen LogP contribution in [0.4, 0.5) is 8.78 Å². The van der Waals surface area contributed by atoms with Gasteiger partial charge in [0, 0.05) is 43.6 Å². The Kier molecular flexibility index (Phi) is 6.17. The van der Waals surface area contributed by atoms with Crippen molar-refractivity contribution in [3.63, 3.8) is 0 Å². The van der Waals surface area contributed by atoms with E-state index in [1.165, 1.54) is 0 Å². The van der Waals surface area contributed by atoms with Gasteiger partial charge in [0.15, 0.2) is 0 Å². The van der Waals surface area contributed by atoms with Gasteiger partial charge in [-0.3, -0.25) is 9.74 Å². The molecule has 28 heavy (non-hydrogen) atoms. The Morgan fingerprint density at radius 1 is 0.929 bits per heavy atom. The summed E-state index contributed by atoms with van der Waals surface area (Å²) in [6, 6.07) is 0. The molecule has 0 N–H and O–H groups in total. The number of hydroxylamine groups is 2. The minimum absolute atomic E-state index is 0.0451. The summed E-state index contributed by atoms with van der Waals surface area (Å²) in [6.45, 7) is 15.7. The van der Waals surface area contributed by atoms with E-state index in [9.17, 15) is 8.78 Å². The predicted molar refractivity (Wildman–Crippen MR) is 104 cm³/mol. The summed E-state index contributed by atoms with van der Waals surface area (Å²) in [5, 5.41) is 1.69. The fraction of sp³-hybridized carbons (Fsp3) is 1.00. The Morgan fingerprint density at radius 2 is 1.54 bits per heavy atom. The van der Waals surface area contributed by atoms with Crippen molar-refractivity contribution >= 4 is 0 Å². The number of halogens is 2. The number of nitrogens with zero attached hydrogens (tertiary/aromatic N) is 2. The molecular weight excluding hydrogens is 366 g/mol. The van der Waals surface area contributed by atoms with Crippen LogP contribution in [0.15, 0.2) is 0 Å². The van der Waals surface area contributed by atoms with Crippen LogP contribution in [0.5, 0.6) is 0 Å². The van der Waals surface area contributed by atoms with E-state index in [0.29, 0.717) is 0 Å². The summed E-state index contributed by atoms with van der Waals surface area (Å²) in [6.07, 6.45) is 1.52. The van der Waals surface area contributed by atoms with Gasteiger partial charge >= 0.3 is 0 Å². The summed E-state index contributed by atoms with van der Waals surface area (Å²) in [4.78, 5) is 7.78. The number of likely N-dealkylation sites (tertiary alicyclic amines) is 1. The van der Waals surface area contributed by atoms with Crippen molar-refractivity contribution in [2.75, 3.05) is 39.4 Å². The average molecular weight is 405 g/mol. The molecule has 2 saturated heterocycles. The zero-order valence-corrected chi connectivity index (χ0v) is 18.4. The first-order valence-electron chi connectivity index (χ1n) is 10.6. The standard InChI is InChI=1S/C21H38F2N2O3/c1-18(2,3)24-11-20(12-24)13-25(14-20)27-15-21(22,23)7-8-26-16-9-17(10-16)28-19(4,5)6/h16-17H,7-15H2,1-6H3. The number of rotatable bonds is 8. The molecule has 5 nitrogen and oxygen atoms in total. The van der Waals surface area contributed by atoms with Crippen molar-refractivity contribution in [1.82, 2.24) is 9.96 Å². The van der Waals surface area contributed by atoms with Crippen molar-refractivity contribution in [2.45, 2.75) is 90.1 Å². The predicted octanol–water partition coefficient (Wildman–Crippen LogP) is 3.72. The summed E-state index contributed by atoms with van der Waals surface area (Å²) in [5.74, 6) is -2.86. The highest BCUT2D eigenvalue weighted by Crippen LogP contribution is 2.43. The van der Waals surface area contributed by atoms with E-state index >= 15 is 0 Å². The van der Waals surface area contributed by atoms with Gasteiger partial charge in [0.2, 0.25) is 0 Å². The first-order valence-corrected chi connectivity index (χ1v) is 10.6. The SMILES string of the molecule is CC(C)(C)OC1CC(OCCC(F)(F)CON2CC3(C2)CN(C(C)(C)C)C3)C1. The largest absolute Gasteiger partial charge is 0.378 e. The first-order chi connectivity index (χ1) is 12.8. The molecule has 1 aliphatic carbocycles. The minimum Gasteiger partial charge on any atom is -0.378 e. The van der Waals surface area contributed by atoms with E-state index in [2.05, 4.69) is 25.7 Å². The second-order valence-corrected chi connectivity index (χ2v) is 11.0. The van der Waals surface area contributed by atoms with Crippen LogP contribution in [0, 0.1) is 5.41 Å². The third kappa shape index (κ3) is 5.85. The fourth-order valence-electron chi connectivity index (χ4n) is 4.11. The van der Waals surface area contributed by atoms with Crippen LogP contribution < -0.4 is 0 Å². The highest BCUT2D eigenvalue weighted by Gasteiger charge is 2.54. The maximum absolute atomic E-state index is 14.1. The normalized spacial score (nSPS) is 28.7. The molecule has 7 heteroatoms. The maximum atomic E-state index is 14.1. The van der Waals surface area contributed by atoms with Gasteiger partial charge in [-0.2, -0.15) is 5.06 Å². The lowest BCUT2D eigenvalue weighted by Crippen LogP contribution is -2.74. The monoisotopic (exact) mass is 404 g/mol. The zero-order chi connectivity index (χ0) is 20.8. The highest BCUT2D eigenvalue weighted by atomic mass is 19.3. The smallest absolute Gasteiger partial charge is 0.275 e. The minimum atomic E-state index is -2.86. The highest BCUT2D eigenvalue weighted by molar-refractivity contribution is 5.06. The first kappa shape index (κ1) is 22.3. The Bertz CT molecular complexity index is 525. The molecule has 2 heterocycles. The molecule has 3 fully saturated rings. The lowest BCUT2D eigenvalue weighted by Gasteiger charge is -2.62. The summed E-state index contributed by atoms with van der Waals surface area (Å²) < 4.78 is 39.5. The molecular formula is C21H38F2N2O3. The Balaban J connectivity index is 1.23. The van der Waals surface area contributed by atoms with Gasteiger partial charge in [0.05, 0.1) is 24.4 Å². The van der Waals surface area contributed by atoms with Crippen LogP contribution in [-0.2, 0) is 14.3 Å². The van der Waals surface area contributed by atoms with E-state index in [4.69, 9.17) is 14.3 Å². The second-order valence-electron chi connectivity index (χ2n) is 11.0. The molecule has 164 valence electrons. The molecule has 0 aromatic heterocycles. The van der Waals surface area contributed by atoms with Crippen LogP contribution in [0.25, 0.3) is 0 Å². The molecule has 1 saturated carbocycles. The van der Waals surface area contributed by atoms with Gasteiger partial charge < -0.3 is 9.47 Å². The molecule has 0 atom stereocenters. The van der Waals surface area contributed by atoms with Crippen LogP contribution in [0.3, 0.4) is 0 Å². The van der Waals surface area contributed by atoms with Crippen molar-refractivity contribution in [3.05, 3.63) is 0 Å². The third-order valence-electron chi connectivity index (χ3n) is 5.88. The summed E-state index contributed by atoms with van der Waals surface area (Å²) in [7, 11) is 0. The molecule has 0 radical (unpaired) electrons. The Hall–Kier alpha value is -0.340. The molecule has 0 unspecified atom stereocenters. The molecule has 3 rings (SSSR count). The van der Waals surface area contributed by atoms with Crippen molar-refractivity contribution < 1.29 is 23.1 Å². The van der Waals surface area contributed by atoms with Gasteiger partial charge in [-0.25, -0.2) is 8.78 Å². The Labute approximate surface area is 168 Å². The van der Waals surface area contributed by atoms with Gasteiger partial charge in [0.25, 0.3) is 5.92 Å². The number of alkyl halides is 2. The van der Waals surface area contributed by atoms with Crippen LogP contribution in [-0.4, -0.2) is 78.6 Å². The molecule has 0 aromatic rings. The van der Waals surface area contributed by atoms with Crippen molar-refractivity contribution in [1.29, 1.82) is 0 Å². The van der Waals surface area contributed by atoms with E-state index in [0.717, 1.165) is 39.0 Å². The fourth-order valence-corrected chi connectivity index (χ4v) is 4.11. The van der Waals surface area contributed by atoms with E-state index in [1.54, 1.807) is 5.06 Å². The third-order valence-corrected chi connectivity index (χ3v) is 5.88. The molecule has 2 aliphatic heterocycles.